The van der Waals surface area contributed by atoms with Gasteiger partial charge in [-0.3, -0.25) is 14.2 Å². The van der Waals surface area contributed by atoms with Crippen molar-refractivity contribution in [2.45, 2.75) is 5.16 Å². The molecule has 0 aliphatic heterocycles. The van der Waals surface area contributed by atoms with Gasteiger partial charge in [-0.25, -0.2) is 4.39 Å². The Morgan fingerprint density at radius 2 is 1.62 bits per heavy atom. The van der Waals surface area contributed by atoms with Crippen LogP contribution in [0.15, 0.2) is 84.0 Å². The Balaban J connectivity index is 1.53. The normalized spacial score (nSPS) is 10.7. The van der Waals surface area contributed by atoms with Gasteiger partial charge in [-0.2, -0.15) is 0 Å². The zero-order valence-corrected chi connectivity index (χ0v) is 17.6. The van der Waals surface area contributed by atoms with Crippen LogP contribution in [0.2, 0.25) is 0 Å². The Morgan fingerprint density at radius 3 is 2.28 bits per heavy atom. The van der Waals surface area contributed by atoms with Crippen molar-refractivity contribution in [3.63, 3.8) is 0 Å². The fourth-order valence-electron chi connectivity index (χ4n) is 3.00. The minimum absolute atomic E-state index is 0.0892. The van der Waals surface area contributed by atoms with E-state index < -0.39 is 5.91 Å². The molecule has 1 heterocycles. The fraction of sp³-hybridized carbons (Fsp3) is 0.0435. The van der Waals surface area contributed by atoms with Crippen LogP contribution >= 0.6 is 11.8 Å². The predicted molar refractivity (Wildman–Crippen MR) is 121 cm³/mol. The number of para-hydroxylation sites is 1. The van der Waals surface area contributed by atoms with Crippen molar-refractivity contribution in [3.8, 4) is 17.1 Å². The van der Waals surface area contributed by atoms with Crippen molar-refractivity contribution in [2.75, 3.05) is 11.1 Å². The van der Waals surface area contributed by atoms with Crippen molar-refractivity contribution in [2.24, 2.45) is 5.73 Å². The zero-order valence-electron chi connectivity index (χ0n) is 16.7. The number of hydrogen-bond acceptors (Lipinski definition) is 5. The minimum Gasteiger partial charge on any atom is -0.366 e. The molecule has 4 rings (SSSR count). The van der Waals surface area contributed by atoms with E-state index in [2.05, 4.69) is 15.5 Å². The van der Waals surface area contributed by atoms with Crippen LogP contribution < -0.4 is 11.1 Å². The molecule has 0 saturated carbocycles. The van der Waals surface area contributed by atoms with Gasteiger partial charge in [0.05, 0.1) is 5.75 Å². The lowest BCUT2D eigenvalue weighted by molar-refractivity contribution is -0.113. The standard InChI is InChI=1S/C23H18FN5O2S/c24-17-10-6-16(7-11-17)22-27-28-23(29(22)19-4-2-1-3-5-19)32-14-20(30)26-18-12-8-15(9-13-18)21(25)31/h1-13H,14H2,(H2,25,31)(H,26,30). The summed E-state index contributed by atoms with van der Waals surface area (Å²) >= 11 is 1.23. The summed E-state index contributed by atoms with van der Waals surface area (Å²) in [5, 5.41) is 11.8. The van der Waals surface area contributed by atoms with Gasteiger partial charge < -0.3 is 11.1 Å². The van der Waals surface area contributed by atoms with Gasteiger partial charge in [-0.15, -0.1) is 10.2 Å². The van der Waals surface area contributed by atoms with E-state index in [1.54, 1.807) is 36.4 Å². The first-order valence-corrected chi connectivity index (χ1v) is 10.6. The van der Waals surface area contributed by atoms with Crippen molar-refractivity contribution >= 4 is 29.3 Å². The maximum atomic E-state index is 13.4. The van der Waals surface area contributed by atoms with Gasteiger partial charge in [-0.05, 0) is 60.7 Å². The molecule has 0 saturated heterocycles. The molecule has 0 unspecified atom stereocenters. The second kappa shape index (κ2) is 9.44. The van der Waals surface area contributed by atoms with Crippen LogP contribution in [0, 0.1) is 5.82 Å². The summed E-state index contributed by atoms with van der Waals surface area (Å²) in [6.45, 7) is 0. The highest BCUT2D eigenvalue weighted by molar-refractivity contribution is 7.99. The lowest BCUT2D eigenvalue weighted by Crippen LogP contribution is -2.15. The molecule has 0 aliphatic carbocycles. The monoisotopic (exact) mass is 447 g/mol. The molecule has 3 aromatic carbocycles. The second-order valence-electron chi connectivity index (χ2n) is 6.76. The summed E-state index contributed by atoms with van der Waals surface area (Å²) in [7, 11) is 0. The van der Waals surface area contributed by atoms with E-state index in [0.717, 1.165) is 5.69 Å². The largest absolute Gasteiger partial charge is 0.366 e. The van der Waals surface area contributed by atoms with Crippen LogP contribution in [-0.2, 0) is 4.79 Å². The number of aromatic nitrogens is 3. The van der Waals surface area contributed by atoms with Crippen LogP contribution in [0.25, 0.3) is 17.1 Å². The lowest BCUT2D eigenvalue weighted by Gasteiger charge is -2.10. The third-order valence-corrected chi connectivity index (χ3v) is 5.46. The average molecular weight is 447 g/mol. The van der Waals surface area contributed by atoms with Crippen LogP contribution in [0.1, 0.15) is 10.4 Å². The molecule has 3 N–H and O–H groups in total. The van der Waals surface area contributed by atoms with E-state index in [-0.39, 0.29) is 17.5 Å². The van der Waals surface area contributed by atoms with Gasteiger partial charge in [-0.1, -0.05) is 30.0 Å². The Bertz CT molecular complexity index is 1240. The molecule has 0 bridgehead atoms. The smallest absolute Gasteiger partial charge is 0.248 e. The van der Waals surface area contributed by atoms with Crippen LogP contribution in [0.3, 0.4) is 0 Å². The molecule has 0 atom stereocenters. The van der Waals surface area contributed by atoms with E-state index in [1.807, 2.05) is 34.9 Å². The number of carbonyl (C=O) groups is 2. The molecule has 9 heteroatoms. The van der Waals surface area contributed by atoms with Crippen LogP contribution in [-0.4, -0.2) is 32.3 Å². The van der Waals surface area contributed by atoms with Crippen LogP contribution in [0.5, 0.6) is 0 Å². The van der Waals surface area contributed by atoms with Crippen molar-refractivity contribution in [3.05, 3.63) is 90.2 Å². The molecule has 1 aromatic heterocycles. The highest BCUT2D eigenvalue weighted by atomic mass is 32.2. The number of halogens is 1. The summed E-state index contributed by atoms with van der Waals surface area (Å²) in [5.41, 5.74) is 7.67. The van der Waals surface area contributed by atoms with Crippen LogP contribution in [0.4, 0.5) is 10.1 Å². The summed E-state index contributed by atoms with van der Waals surface area (Å²) in [6.07, 6.45) is 0. The summed E-state index contributed by atoms with van der Waals surface area (Å²) < 4.78 is 15.2. The molecule has 32 heavy (non-hydrogen) atoms. The van der Waals surface area contributed by atoms with Gasteiger partial charge in [0.25, 0.3) is 0 Å². The highest BCUT2D eigenvalue weighted by Crippen LogP contribution is 2.28. The molecule has 4 aromatic rings. The summed E-state index contributed by atoms with van der Waals surface area (Å²) in [4.78, 5) is 23.6. The van der Waals surface area contributed by atoms with Crippen molar-refractivity contribution in [1.82, 2.24) is 14.8 Å². The number of hydrogen-bond donors (Lipinski definition) is 2. The molecule has 0 radical (unpaired) electrons. The second-order valence-corrected chi connectivity index (χ2v) is 7.70. The van der Waals surface area contributed by atoms with E-state index in [4.69, 9.17) is 5.73 Å². The molecule has 2 amide bonds. The quantitative estimate of drug-likeness (QED) is 0.418. The predicted octanol–water partition coefficient (Wildman–Crippen LogP) is 3.90. The molecule has 160 valence electrons. The molecular weight excluding hydrogens is 429 g/mol. The first kappa shape index (κ1) is 21.3. The van der Waals surface area contributed by atoms with Gasteiger partial charge >= 0.3 is 0 Å². The molecule has 7 nitrogen and oxygen atoms in total. The minimum atomic E-state index is -0.532. The Labute approximate surface area is 187 Å². The van der Waals surface area contributed by atoms with Crippen molar-refractivity contribution < 1.29 is 14.0 Å². The zero-order chi connectivity index (χ0) is 22.5. The number of nitrogens with one attached hydrogen (secondary N) is 1. The number of benzene rings is 3. The molecule has 0 spiro atoms. The molecule has 0 aliphatic rings. The summed E-state index contributed by atoms with van der Waals surface area (Å²) in [5.74, 6) is -0.481. The van der Waals surface area contributed by atoms with E-state index >= 15 is 0 Å². The molecular formula is C23H18FN5O2S. The van der Waals surface area contributed by atoms with Gasteiger partial charge in [0.2, 0.25) is 11.8 Å². The molecule has 0 fully saturated rings. The first-order chi connectivity index (χ1) is 15.5. The van der Waals surface area contributed by atoms with Crippen molar-refractivity contribution in [1.29, 1.82) is 0 Å². The number of rotatable bonds is 7. The maximum absolute atomic E-state index is 13.4. The van der Waals surface area contributed by atoms with Gasteiger partial charge in [0.1, 0.15) is 5.82 Å². The lowest BCUT2D eigenvalue weighted by atomic mass is 10.2. The number of amides is 2. The average Bonchev–Trinajstić information content (AvgIpc) is 3.23. The van der Waals surface area contributed by atoms with E-state index in [1.165, 1.54) is 23.9 Å². The highest BCUT2D eigenvalue weighted by Gasteiger charge is 2.17. The maximum Gasteiger partial charge on any atom is 0.248 e. The number of carbonyl (C=O) groups excluding carboxylic acids is 2. The van der Waals surface area contributed by atoms with Gasteiger partial charge in [0.15, 0.2) is 11.0 Å². The number of thioether (sulfide) groups is 1. The van der Waals surface area contributed by atoms with E-state index in [9.17, 15) is 14.0 Å². The number of nitrogens with zero attached hydrogens (tertiary/aromatic N) is 3. The Kier molecular flexibility index (Phi) is 6.27. The third-order valence-electron chi connectivity index (χ3n) is 4.54. The van der Waals surface area contributed by atoms with Gasteiger partial charge in [0, 0.05) is 22.5 Å². The number of anilines is 1. The topological polar surface area (TPSA) is 103 Å². The Hall–Kier alpha value is -3.98. The fourth-order valence-corrected chi connectivity index (χ4v) is 3.76. The number of primary amides is 1. The summed E-state index contributed by atoms with van der Waals surface area (Å²) in [6, 6.07) is 21.8. The SMILES string of the molecule is NC(=O)c1ccc(NC(=O)CSc2nnc(-c3ccc(F)cc3)n2-c2ccccc2)cc1. The number of nitrogens with two attached hydrogens (primary N) is 1. The van der Waals surface area contributed by atoms with E-state index in [0.29, 0.717) is 27.8 Å². The first-order valence-electron chi connectivity index (χ1n) is 9.60. The Morgan fingerprint density at radius 1 is 0.938 bits per heavy atom. The third kappa shape index (κ3) is 4.84.